The first-order valence-corrected chi connectivity index (χ1v) is 6.00. The molecule has 0 spiro atoms. The van der Waals surface area contributed by atoms with Crippen molar-refractivity contribution in [3.05, 3.63) is 35.1 Å². The molecular formula is C12H15ClFNO4. The van der Waals surface area contributed by atoms with Crippen molar-refractivity contribution in [2.24, 2.45) is 0 Å². The number of rotatable bonds is 5. The van der Waals surface area contributed by atoms with Gasteiger partial charge in [0.25, 0.3) is 0 Å². The molecule has 106 valence electrons. The lowest BCUT2D eigenvalue weighted by molar-refractivity contribution is 0.0664. The summed E-state index contributed by atoms with van der Waals surface area (Å²) < 4.78 is 18.4. The van der Waals surface area contributed by atoms with E-state index in [4.69, 9.17) is 16.7 Å². The monoisotopic (exact) mass is 291 g/mol. The minimum absolute atomic E-state index is 0.0829. The molecule has 19 heavy (non-hydrogen) atoms. The van der Waals surface area contributed by atoms with E-state index in [9.17, 15) is 14.3 Å². The van der Waals surface area contributed by atoms with E-state index in [-0.39, 0.29) is 11.1 Å². The summed E-state index contributed by atoms with van der Waals surface area (Å²) >= 11 is 5.85. The molecule has 0 saturated heterocycles. The van der Waals surface area contributed by atoms with Crippen LogP contribution < -0.4 is 5.32 Å². The van der Waals surface area contributed by atoms with E-state index >= 15 is 0 Å². The Bertz CT molecular complexity index is 444. The fourth-order valence-electron chi connectivity index (χ4n) is 1.59. The van der Waals surface area contributed by atoms with Crippen molar-refractivity contribution in [3.8, 4) is 0 Å². The van der Waals surface area contributed by atoms with E-state index in [1.54, 1.807) is 0 Å². The molecule has 0 aliphatic carbocycles. The Morgan fingerprint density at radius 2 is 2.26 bits per heavy atom. The maximum absolute atomic E-state index is 13.7. The number of carbonyl (C=O) groups excluding carboxylic acids is 1. The number of alkyl carbamates (subject to hydrolysis) is 1. The second-order valence-corrected chi connectivity index (χ2v) is 4.28. The number of alkyl halides is 1. The summed E-state index contributed by atoms with van der Waals surface area (Å²) in [6, 6.07) is 4.07. The van der Waals surface area contributed by atoms with Gasteiger partial charge in [-0.05, 0) is 11.6 Å². The third-order valence-corrected chi connectivity index (χ3v) is 2.87. The van der Waals surface area contributed by atoms with Crippen LogP contribution in [0, 0.1) is 5.82 Å². The Morgan fingerprint density at radius 3 is 2.84 bits per heavy atom. The van der Waals surface area contributed by atoms with Crippen molar-refractivity contribution in [2.75, 3.05) is 20.3 Å². The molecule has 0 heterocycles. The number of amides is 1. The molecule has 0 bridgehead atoms. The molecule has 0 aliphatic rings. The van der Waals surface area contributed by atoms with Crippen molar-refractivity contribution < 1.29 is 24.1 Å². The maximum Gasteiger partial charge on any atom is 0.406 e. The molecule has 2 unspecified atom stereocenters. The van der Waals surface area contributed by atoms with E-state index in [0.29, 0.717) is 0 Å². The molecule has 3 N–H and O–H groups in total. The Balaban J connectivity index is 2.94. The van der Waals surface area contributed by atoms with E-state index in [1.165, 1.54) is 19.2 Å². The summed E-state index contributed by atoms with van der Waals surface area (Å²) in [5.74, 6) is -0.676. The minimum Gasteiger partial charge on any atom is -0.446 e. The van der Waals surface area contributed by atoms with Crippen molar-refractivity contribution in [3.63, 3.8) is 0 Å². The quantitative estimate of drug-likeness (QED) is 0.718. The van der Waals surface area contributed by atoms with Gasteiger partial charge in [-0.2, -0.15) is 0 Å². The van der Waals surface area contributed by atoms with Crippen LogP contribution in [0.2, 0.25) is 0 Å². The SMILES string of the molecule is CNC(=O)OCC(O)c1c(F)cccc1C(Cl)CO. The molecule has 1 amide bonds. The van der Waals surface area contributed by atoms with Gasteiger partial charge in [0.05, 0.1) is 12.0 Å². The summed E-state index contributed by atoms with van der Waals surface area (Å²) in [7, 11) is 1.36. The van der Waals surface area contributed by atoms with Crippen molar-refractivity contribution in [2.45, 2.75) is 11.5 Å². The lowest BCUT2D eigenvalue weighted by Gasteiger charge is -2.18. The standard InChI is InChI=1S/C12H15ClFNO4/c1-15-12(18)19-6-10(17)11-7(8(13)5-16)3-2-4-9(11)14/h2-4,8,10,16-17H,5-6H2,1H3,(H,15,18). The van der Waals surface area contributed by atoms with Gasteiger partial charge in [0.2, 0.25) is 0 Å². The highest BCUT2D eigenvalue weighted by molar-refractivity contribution is 6.21. The number of carbonyl (C=O) groups is 1. The van der Waals surface area contributed by atoms with E-state index in [0.717, 1.165) is 6.07 Å². The first-order valence-electron chi connectivity index (χ1n) is 5.57. The van der Waals surface area contributed by atoms with Crippen molar-refractivity contribution in [1.29, 1.82) is 0 Å². The number of benzene rings is 1. The number of halogens is 2. The Kier molecular flexibility index (Phi) is 6.01. The van der Waals surface area contributed by atoms with Gasteiger partial charge in [0.15, 0.2) is 0 Å². The Labute approximate surface area is 115 Å². The van der Waals surface area contributed by atoms with Gasteiger partial charge in [0, 0.05) is 12.6 Å². The van der Waals surface area contributed by atoms with E-state index in [1.807, 2.05) is 0 Å². The lowest BCUT2D eigenvalue weighted by Crippen LogP contribution is -2.23. The average molecular weight is 292 g/mol. The number of ether oxygens (including phenoxy) is 1. The number of nitrogens with one attached hydrogen (secondary N) is 1. The number of aliphatic hydroxyl groups is 2. The van der Waals surface area contributed by atoms with Gasteiger partial charge in [-0.3, -0.25) is 0 Å². The topological polar surface area (TPSA) is 78.8 Å². The van der Waals surface area contributed by atoms with Crippen LogP contribution in [0.4, 0.5) is 9.18 Å². The van der Waals surface area contributed by atoms with Crippen LogP contribution in [0.25, 0.3) is 0 Å². The lowest BCUT2D eigenvalue weighted by atomic mass is 9.99. The summed E-state index contributed by atoms with van der Waals surface area (Å²) in [6.07, 6.45) is -2.09. The highest BCUT2D eigenvalue weighted by Crippen LogP contribution is 2.30. The van der Waals surface area contributed by atoms with Gasteiger partial charge in [-0.25, -0.2) is 9.18 Å². The molecule has 0 saturated carbocycles. The summed E-state index contributed by atoms with van der Waals surface area (Å²) in [5, 5.41) is 20.3. The fraction of sp³-hybridized carbons (Fsp3) is 0.417. The van der Waals surface area contributed by atoms with Crippen molar-refractivity contribution in [1.82, 2.24) is 5.32 Å². The molecule has 1 rings (SSSR count). The largest absolute Gasteiger partial charge is 0.446 e. The number of hydrogen-bond acceptors (Lipinski definition) is 4. The summed E-state index contributed by atoms with van der Waals surface area (Å²) in [4.78, 5) is 10.9. The second kappa shape index (κ2) is 7.28. The molecule has 1 aromatic rings. The van der Waals surface area contributed by atoms with Crippen LogP contribution in [0.1, 0.15) is 22.6 Å². The van der Waals surface area contributed by atoms with Crippen LogP contribution in [0.3, 0.4) is 0 Å². The van der Waals surface area contributed by atoms with Crippen LogP contribution in [-0.2, 0) is 4.74 Å². The summed E-state index contributed by atoms with van der Waals surface area (Å²) in [6.45, 7) is -0.816. The highest BCUT2D eigenvalue weighted by atomic mass is 35.5. The molecule has 0 fully saturated rings. The highest BCUT2D eigenvalue weighted by Gasteiger charge is 2.22. The zero-order valence-electron chi connectivity index (χ0n) is 10.3. The normalized spacial score (nSPS) is 13.7. The van der Waals surface area contributed by atoms with Crippen LogP contribution >= 0.6 is 11.6 Å². The third-order valence-electron chi connectivity index (χ3n) is 2.49. The number of hydrogen-bond donors (Lipinski definition) is 3. The number of aliphatic hydroxyl groups excluding tert-OH is 2. The zero-order chi connectivity index (χ0) is 14.4. The van der Waals surface area contributed by atoms with Crippen LogP contribution in [-0.4, -0.2) is 36.6 Å². The second-order valence-electron chi connectivity index (χ2n) is 3.76. The Morgan fingerprint density at radius 1 is 1.58 bits per heavy atom. The van der Waals surface area contributed by atoms with Gasteiger partial charge in [-0.1, -0.05) is 12.1 Å². The third kappa shape index (κ3) is 4.05. The molecule has 1 aromatic carbocycles. The molecular weight excluding hydrogens is 277 g/mol. The molecule has 0 aliphatic heterocycles. The van der Waals surface area contributed by atoms with E-state index in [2.05, 4.69) is 10.1 Å². The molecule has 0 aromatic heterocycles. The van der Waals surface area contributed by atoms with Gasteiger partial charge in [0.1, 0.15) is 18.5 Å². The fourth-order valence-corrected chi connectivity index (χ4v) is 1.78. The molecule has 2 atom stereocenters. The van der Waals surface area contributed by atoms with Gasteiger partial charge in [-0.15, -0.1) is 11.6 Å². The molecule has 5 nitrogen and oxygen atoms in total. The van der Waals surface area contributed by atoms with Gasteiger partial charge < -0.3 is 20.3 Å². The van der Waals surface area contributed by atoms with Crippen LogP contribution in [0.15, 0.2) is 18.2 Å². The predicted molar refractivity (Wildman–Crippen MR) is 67.4 cm³/mol. The smallest absolute Gasteiger partial charge is 0.406 e. The molecule has 7 heteroatoms. The first kappa shape index (κ1) is 15.7. The zero-order valence-corrected chi connectivity index (χ0v) is 11.0. The maximum atomic E-state index is 13.7. The average Bonchev–Trinajstić information content (AvgIpc) is 2.43. The first-order chi connectivity index (χ1) is 9.01. The predicted octanol–water partition coefficient (Wildman–Crippen LogP) is 1.49. The van der Waals surface area contributed by atoms with Gasteiger partial charge >= 0.3 is 6.09 Å². The van der Waals surface area contributed by atoms with Crippen LogP contribution in [0.5, 0.6) is 0 Å². The Hall–Kier alpha value is -1.37. The van der Waals surface area contributed by atoms with E-state index < -0.39 is 36.6 Å². The molecule has 0 radical (unpaired) electrons. The minimum atomic E-state index is -1.36. The summed E-state index contributed by atoms with van der Waals surface area (Å²) in [5.41, 5.74) is 0.178. The van der Waals surface area contributed by atoms with Crippen molar-refractivity contribution >= 4 is 17.7 Å².